The number of hydrogen-bond acceptors (Lipinski definition) is 3. The Bertz CT molecular complexity index is 691. The van der Waals surface area contributed by atoms with E-state index in [0.29, 0.717) is 10.7 Å². The van der Waals surface area contributed by atoms with Gasteiger partial charge in [0.25, 0.3) is 5.91 Å². The number of nitrogens with one attached hydrogen (secondary N) is 1. The van der Waals surface area contributed by atoms with Gasteiger partial charge in [-0.2, -0.15) is 0 Å². The number of carbonyl (C=O) groups excluding carboxylic acids is 1. The lowest BCUT2D eigenvalue weighted by Crippen LogP contribution is -2.13. The minimum atomic E-state index is -1.19. The highest BCUT2D eigenvalue weighted by atomic mass is 127. The third-order valence-corrected chi connectivity index (χ3v) is 3.40. The van der Waals surface area contributed by atoms with Crippen LogP contribution in [0.4, 0.5) is 5.69 Å². The summed E-state index contributed by atoms with van der Waals surface area (Å²) in [5.41, 5.74) is 0.476. The summed E-state index contributed by atoms with van der Waals surface area (Å²) in [6, 6.07) is 7.84. The number of carbonyl (C=O) groups is 2. The molecule has 1 amide bonds. The molecule has 1 aromatic heterocycles. The number of pyridine rings is 1. The molecule has 0 atom stereocenters. The lowest BCUT2D eigenvalue weighted by Gasteiger charge is -2.07. The predicted molar refractivity (Wildman–Crippen MR) is 83.3 cm³/mol. The normalized spacial score (nSPS) is 10.1. The van der Waals surface area contributed by atoms with Crippen LogP contribution in [0.15, 0.2) is 36.5 Å². The third kappa shape index (κ3) is 3.45. The molecule has 0 aliphatic rings. The maximum Gasteiger partial charge on any atom is 0.354 e. The van der Waals surface area contributed by atoms with E-state index in [2.05, 4.69) is 32.9 Å². The standard InChI is InChI=1S/C13H8ClIN2O3/c14-9-6-8(15)1-2-10(9)17-12(18)7-3-4-16-11(5-7)13(19)20/h1-6H,(H,17,18)(H,19,20). The van der Waals surface area contributed by atoms with E-state index >= 15 is 0 Å². The molecule has 0 radical (unpaired) electrons. The van der Waals surface area contributed by atoms with Crippen LogP contribution in [0.1, 0.15) is 20.8 Å². The molecule has 0 aliphatic heterocycles. The van der Waals surface area contributed by atoms with Crippen molar-refractivity contribution in [3.05, 3.63) is 56.4 Å². The summed E-state index contributed by atoms with van der Waals surface area (Å²) in [4.78, 5) is 26.5. The number of carboxylic acid groups (broad SMARTS) is 1. The maximum absolute atomic E-state index is 12.0. The molecule has 5 nitrogen and oxygen atoms in total. The molecule has 0 aliphatic carbocycles. The van der Waals surface area contributed by atoms with Crippen molar-refractivity contribution in [2.75, 3.05) is 5.32 Å². The van der Waals surface area contributed by atoms with E-state index in [1.807, 2.05) is 0 Å². The molecule has 0 saturated carbocycles. The smallest absolute Gasteiger partial charge is 0.354 e. The zero-order valence-electron chi connectivity index (χ0n) is 9.93. The molecule has 0 spiro atoms. The van der Waals surface area contributed by atoms with Crippen molar-refractivity contribution >= 4 is 51.8 Å². The first kappa shape index (κ1) is 14.7. The van der Waals surface area contributed by atoms with E-state index in [4.69, 9.17) is 16.7 Å². The molecule has 1 aromatic carbocycles. The molecular formula is C13H8ClIN2O3. The van der Waals surface area contributed by atoms with Crippen molar-refractivity contribution in [3.63, 3.8) is 0 Å². The SMILES string of the molecule is O=C(Nc1ccc(I)cc1Cl)c1ccnc(C(=O)O)c1. The fourth-order valence-electron chi connectivity index (χ4n) is 1.47. The second kappa shape index (κ2) is 6.19. The Morgan fingerprint density at radius 3 is 2.65 bits per heavy atom. The summed E-state index contributed by atoms with van der Waals surface area (Å²) in [5.74, 6) is -1.63. The number of rotatable bonds is 3. The Labute approximate surface area is 133 Å². The highest BCUT2D eigenvalue weighted by molar-refractivity contribution is 14.1. The monoisotopic (exact) mass is 402 g/mol. The van der Waals surface area contributed by atoms with Crippen molar-refractivity contribution < 1.29 is 14.7 Å². The summed E-state index contributed by atoms with van der Waals surface area (Å²) in [7, 11) is 0. The summed E-state index contributed by atoms with van der Waals surface area (Å²) in [6.45, 7) is 0. The molecule has 2 rings (SSSR count). The fourth-order valence-corrected chi connectivity index (χ4v) is 2.38. The number of carboxylic acids is 1. The van der Waals surface area contributed by atoms with Crippen LogP contribution in [0.2, 0.25) is 5.02 Å². The number of benzene rings is 1. The molecule has 0 unspecified atom stereocenters. The first-order chi connectivity index (χ1) is 9.47. The van der Waals surface area contributed by atoms with Crippen LogP contribution in [0.3, 0.4) is 0 Å². The molecule has 102 valence electrons. The summed E-state index contributed by atoms with van der Waals surface area (Å²) < 4.78 is 0.947. The van der Waals surface area contributed by atoms with Crippen molar-refractivity contribution in [1.82, 2.24) is 4.98 Å². The van der Waals surface area contributed by atoms with E-state index in [0.717, 1.165) is 3.57 Å². The molecule has 2 aromatic rings. The van der Waals surface area contributed by atoms with E-state index in [1.54, 1.807) is 18.2 Å². The Morgan fingerprint density at radius 1 is 1.25 bits per heavy atom. The van der Waals surface area contributed by atoms with Crippen LogP contribution >= 0.6 is 34.2 Å². The minimum Gasteiger partial charge on any atom is -0.477 e. The molecule has 0 saturated heterocycles. The van der Waals surface area contributed by atoms with Crippen LogP contribution in [-0.2, 0) is 0 Å². The first-order valence-electron chi connectivity index (χ1n) is 5.43. The molecule has 0 fully saturated rings. The quantitative estimate of drug-likeness (QED) is 0.772. The van der Waals surface area contributed by atoms with Crippen LogP contribution in [0.5, 0.6) is 0 Å². The summed E-state index contributed by atoms with van der Waals surface area (Å²) in [6.07, 6.45) is 1.27. The van der Waals surface area contributed by atoms with Gasteiger partial charge in [-0.3, -0.25) is 4.79 Å². The van der Waals surface area contributed by atoms with Gasteiger partial charge in [0.05, 0.1) is 10.7 Å². The Kier molecular flexibility index (Phi) is 4.56. The molecule has 7 heteroatoms. The van der Waals surface area contributed by atoms with Crippen LogP contribution in [0, 0.1) is 3.57 Å². The number of halogens is 2. The number of amides is 1. The second-order valence-corrected chi connectivity index (χ2v) is 5.47. The highest BCUT2D eigenvalue weighted by Gasteiger charge is 2.12. The van der Waals surface area contributed by atoms with Gasteiger partial charge in [0.1, 0.15) is 5.69 Å². The number of nitrogens with zero attached hydrogens (tertiary/aromatic N) is 1. The van der Waals surface area contributed by atoms with Gasteiger partial charge in [-0.25, -0.2) is 9.78 Å². The number of aromatic carboxylic acids is 1. The van der Waals surface area contributed by atoms with Gasteiger partial charge < -0.3 is 10.4 Å². The maximum atomic E-state index is 12.0. The zero-order chi connectivity index (χ0) is 14.7. The molecule has 1 heterocycles. The van der Waals surface area contributed by atoms with Gasteiger partial charge >= 0.3 is 5.97 Å². The molecular weight excluding hydrogens is 395 g/mol. The van der Waals surface area contributed by atoms with Gasteiger partial charge in [0.15, 0.2) is 0 Å². The Hall–Kier alpha value is -1.67. The number of anilines is 1. The van der Waals surface area contributed by atoms with Gasteiger partial charge in [0.2, 0.25) is 0 Å². The lowest BCUT2D eigenvalue weighted by atomic mass is 10.2. The third-order valence-electron chi connectivity index (χ3n) is 2.42. The Balaban J connectivity index is 2.24. The molecule has 0 bridgehead atoms. The number of hydrogen-bond donors (Lipinski definition) is 2. The van der Waals surface area contributed by atoms with Crippen molar-refractivity contribution in [2.45, 2.75) is 0 Å². The van der Waals surface area contributed by atoms with Crippen LogP contribution < -0.4 is 5.32 Å². The van der Waals surface area contributed by atoms with E-state index in [1.165, 1.54) is 18.3 Å². The lowest BCUT2D eigenvalue weighted by molar-refractivity contribution is 0.0690. The van der Waals surface area contributed by atoms with Crippen molar-refractivity contribution in [1.29, 1.82) is 0 Å². The minimum absolute atomic E-state index is 0.189. The van der Waals surface area contributed by atoms with E-state index < -0.39 is 11.9 Å². The Morgan fingerprint density at radius 2 is 2.00 bits per heavy atom. The zero-order valence-corrected chi connectivity index (χ0v) is 12.8. The van der Waals surface area contributed by atoms with E-state index in [9.17, 15) is 9.59 Å². The van der Waals surface area contributed by atoms with Gasteiger partial charge in [-0.1, -0.05) is 11.6 Å². The largest absolute Gasteiger partial charge is 0.477 e. The highest BCUT2D eigenvalue weighted by Crippen LogP contribution is 2.24. The molecule has 20 heavy (non-hydrogen) atoms. The van der Waals surface area contributed by atoms with Crippen LogP contribution in [0.25, 0.3) is 0 Å². The van der Waals surface area contributed by atoms with Crippen LogP contribution in [-0.4, -0.2) is 22.0 Å². The molecule has 2 N–H and O–H groups in total. The topological polar surface area (TPSA) is 79.3 Å². The predicted octanol–water partition coefficient (Wildman–Crippen LogP) is 3.29. The summed E-state index contributed by atoms with van der Waals surface area (Å²) in [5, 5.41) is 11.9. The van der Waals surface area contributed by atoms with E-state index in [-0.39, 0.29) is 11.3 Å². The first-order valence-corrected chi connectivity index (χ1v) is 6.89. The van der Waals surface area contributed by atoms with Gasteiger partial charge in [-0.05, 0) is 52.9 Å². The average molecular weight is 403 g/mol. The second-order valence-electron chi connectivity index (χ2n) is 3.81. The van der Waals surface area contributed by atoms with Crippen molar-refractivity contribution in [2.24, 2.45) is 0 Å². The van der Waals surface area contributed by atoms with Gasteiger partial charge in [-0.15, -0.1) is 0 Å². The average Bonchev–Trinajstić information content (AvgIpc) is 2.42. The van der Waals surface area contributed by atoms with Gasteiger partial charge in [0, 0.05) is 15.3 Å². The number of aromatic nitrogens is 1. The summed E-state index contributed by atoms with van der Waals surface area (Å²) >= 11 is 8.12. The fraction of sp³-hybridized carbons (Fsp3) is 0. The van der Waals surface area contributed by atoms with Crippen molar-refractivity contribution in [3.8, 4) is 0 Å².